The molecular formula is C19H21N5. The van der Waals surface area contributed by atoms with Crippen molar-refractivity contribution in [3.63, 3.8) is 0 Å². The number of benzene rings is 2. The predicted molar refractivity (Wildman–Crippen MR) is 98.1 cm³/mol. The first-order valence-corrected chi connectivity index (χ1v) is 8.04. The summed E-state index contributed by atoms with van der Waals surface area (Å²) >= 11 is 0. The first kappa shape index (κ1) is 15.9. The van der Waals surface area contributed by atoms with Crippen molar-refractivity contribution in [3.8, 4) is 0 Å². The molecule has 0 saturated heterocycles. The minimum atomic E-state index is 0.581. The molecule has 5 heteroatoms. The Labute approximate surface area is 142 Å². The second-order valence-corrected chi connectivity index (χ2v) is 5.65. The van der Waals surface area contributed by atoms with Crippen LogP contribution in [0.15, 0.2) is 54.7 Å². The van der Waals surface area contributed by atoms with Gasteiger partial charge in [-0.25, -0.2) is 0 Å². The van der Waals surface area contributed by atoms with E-state index in [0.29, 0.717) is 11.8 Å². The first-order chi connectivity index (χ1) is 11.7. The molecule has 1 heterocycles. The maximum Gasteiger partial charge on any atom is 0.251 e. The van der Waals surface area contributed by atoms with Crippen LogP contribution in [-0.2, 0) is 0 Å². The Morgan fingerprint density at radius 1 is 1.00 bits per heavy atom. The molecule has 24 heavy (non-hydrogen) atoms. The molecule has 1 N–H and O–H groups in total. The highest BCUT2D eigenvalue weighted by Gasteiger charge is 2.11. The average Bonchev–Trinajstić information content (AvgIpc) is 2.60. The smallest absolute Gasteiger partial charge is 0.251 e. The Bertz CT molecular complexity index is 817. The van der Waals surface area contributed by atoms with Crippen molar-refractivity contribution in [2.45, 2.75) is 20.8 Å². The van der Waals surface area contributed by atoms with Gasteiger partial charge in [-0.1, -0.05) is 24.3 Å². The molecule has 0 saturated carbocycles. The minimum Gasteiger partial charge on any atom is -0.339 e. The quantitative estimate of drug-likeness (QED) is 0.756. The number of hydrogen-bond acceptors (Lipinski definition) is 5. The van der Waals surface area contributed by atoms with E-state index in [1.54, 1.807) is 6.20 Å². The number of para-hydroxylation sites is 1. The lowest BCUT2D eigenvalue weighted by Gasteiger charge is -2.20. The third-order valence-electron chi connectivity index (χ3n) is 3.95. The Balaban J connectivity index is 1.86. The van der Waals surface area contributed by atoms with Gasteiger partial charge in [-0.05, 0) is 56.2 Å². The monoisotopic (exact) mass is 319 g/mol. The summed E-state index contributed by atoms with van der Waals surface area (Å²) in [4.78, 5) is 6.64. The van der Waals surface area contributed by atoms with Crippen molar-refractivity contribution in [3.05, 3.63) is 65.9 Å². The molecule has 0 aliphatic heterocycles. The Morgan fingerprint density at radius 3 is 2.50 bits per heavy atom. The van der Waals surface area contributed by atoms with Crippen LogP contribution in [0.5, 0.6) is 0 Å². The van der Waals surface area contributed by atoms with E-state index in [0.717, 1.165) is 17.9 Å². The van der Waals surface area contributed by atoms with E-state index in [1.807, 2.05) is 41.3 Å². The van der Waals surface area contributed by atoms with Gasteiger partial charge >= 0.3 is 0 Å². The number of aryl methyl sites for hydroxylation is 2. The predicted octanol–water partition coefficient (Wildman–Crippen LogP) is 4.39. The SMILES string of the molecule is CCN(c1ccccc1)c1nncc(Nc2ccc(C)c(C)c2)n1. The summed E-state index contributed by atoms with van der Waals surface area (Å²) < 4.78 is 0. The second kappa shape index (κ2) is 7.08. The second-order valence-electron chi connectivity index (χ2n) is 5.65. The Kier molecular flexibility index (Phi) is 4.70. The fraction of sp³-hybridized carbons (Fsp3) is 0.211. The number of aromatic nitrogens is 3. The highest BCUT2D eigenvalue weighted by molar-refractivity contribution is 5.61. The molecular weight excluding hydrogens is 298 g/mol. The summed E-state index contributed by atoms with van der Waals surface area (Å²) in [5, 5.41) is 11.6. The van der Waals surface area contributed by atoms with Crippen molar-refractivity contribution < 1.29 is 0 Å². The third kappa shape index (κ3) is 3.51. The lowest BCUT2D eigenvalue weighted by Crippen LogP contribution is -2.19. The van der Waals surface area contributed by atoms with Crippen molar-refractivity contribution in [1.29, 1.82) is 0 Å². The molecule has 122 valence electrons. The van der Waals surface area contributed by atoms with Crippen LogP contribution < -0.4 is 10.2 Å². The standard InChI is InChI=1S/C19H21N5/c1-4-24(17-8-6-5-7-9-17)19-22-18(13-20-23-19)21-16-11-10-14(2)15(3)12-16/h5-13H,4H2,1-3H3,(H,21,22,23). The number of anilines is 4. The van der Waals surface area contributed by atoms with E-state index in [1.165, 1.54) is 11.1 Å². The van der Waals surface area contributed by atoms with Crippen LogP contribution in [0.2, 0.25) is 0 Å². The Morgan fingerprint density at radius 2 is 1.79 bits per heavy atom. The van der Waals surface area contributed by atoms with E-state index >= 15 is 0 Å². The van der Waals surface area contributed by atoms with Gasteiger partial charge in [0.25, 0.3) is 5.95 Å². The zero-order valence-corrected chi connectivity index (χ0v) is 14.2. The van der Waals surface area contributed by atoms with Crippen molar-refractivity contribution in [2.75, 3.05) is 16.8 Å². The van der Waals surface area contributed by atoms with Gasteiger partial charge in [0.1, 0.15) is 0 Å². The molecule has 0 spiro atoms. The molecule has 5 nitrogen and oxygen atoms in total. The number of hydrogen-bond donors (Lipinski definition) is 1. The van der Waals surface area contributed by atoms with Crippen LogP contribution in [0.1, 0.15) is 18.1 Å². The van der Waals surface area contributed by atoms with Gasteiger partial charge in [-0.3, -0.25) is 0 Å². The molecule has 3 aromatic rings. The molecule has 0 atom stereocenters. The lowest BCUT2D eigenvalue weighted by molar-refractivity contribution is 0.887. The Hall–Kier alpha value is -2.95. The third-order valence-corrected chi connectivity index (χ3v) is 3.95. The van der Waals surface area contributed by atoms with Crippen molar-refractivity contribution in [2.24, 2.45) is 0 Å². The molecule has 0 fully saturated rings. The minimum absolute atomic E-state index is 0.581. The van der Waals surface area contributed by atoms with Crippen LogP contribution >= 0.6 is 0 Å². The molecule has 3 rings (SSSR count). The van der Waals surface area contributed by atoms with E-state index in [9.17, 15) is 0 Å². The summed E-state index contributed by atoms with van der Waals surface area (Å²) in [7, 11) is 0. The van der Waals surface area contributed by atoms with Gasteiger partial charge in [-0.15, -0.1) is 5.10 Å². The van der Waals surface area contributed by atoms with E-state index in [4.69, 9.17) is 0 Å². The van der Waals surface area contributed by atoms with E-state index in [-0.39, 0.29) is 0 Å². The normalized spacial score (nSPS) is 10.5. The van der Waals surface area contributed by atoms with E-state index < -0.39 is 0 Å². The van der Waals surface area contributed by atoms with Gasteiger partial charge in [0.05, 0.1) is 6.20 Å². The number of nitrogens with one attached hydrogen (secondary N) is 1. The van der Waals surface area contributed by atoms with Crippen molar-refractivity contribution >= 4 is 23.1 Å². The van der Waals surface area contributed by atoms with Crippen LogP contribution in [0, 0.1) is 13.8 Å². The average molecular weight is 319 g/mol. The van der Waals surface area contributed by atoms with E-state index in [2.05, 4.69) is 53.4 Å². The number of nitrogens with zero attached hydrogens (tertiary/aromatic N) is 4. The highest BCUT2D eigenvalue weighted by Crippen LogP contribution is 2.23. The maximum atomic E-state index is 4.61. The van der Waals surface area contributed by atoms with Gasteiger partial charge < -0.3 is 10.2 Å². The van der Waals surface area contributed by atoms with Gasteiger partial charge in [0.2, 0.25) is 0 Å². The van der Waals surface area contributed by atoms with Gasteiger partial charge in [-0.2, -0.15) is 10.1 Å². The largest absolute Gasteiger partial charge is 0.339 e. The lowest BCUT2D eigenvalue weighted by atomic mass is 10.1. The fourth-order valence-corrected chi connectivity index (χ4v) is 2.48. The molecule has 1 aromatic heterocycles. The van der Waals surface area contributed by atoms with Crippen LogP contribution in [0.4, 0.5) is 23.1 Å². The summed E-state index contributed by atoms with van der Waals surface area (Å²) in [6.07, 6.45) is 1.64. The molecule has 0 amide bonds. The van der Waals surface area contributed by atoms with Crippen LogP contribution in [0.25, 0.3) is 0 Å². The summed E-state index contributed by atoms with van der Waals surface area (Å²) in [5.74, 6) is 1.26. The fourth-order valence-electron chi connectivity index (χ4n) is 2.48. The van der Waals surface area contributed by atoms with Crippen LogP contribution in [-0.4, -0.2) is 21.7 Å². The summed E-state index contributed by atoms with van der Waals surface area (Å²) in [6.45, 7) is 7.03. The summed E-state index contributed by atoms with van der Waals surface area (Å²) in [6, 6.07) is 16.3. The molecule has 0 radical (unpaired) electrons. The molecule has 2 aromatic carbocycles. The summed E-state index contributed by atoms with van der Waals surface area (Å²) in [5.41, 5.74) is 4.54. The van der Waals surface area contributed by atoms with Crippen LogP contribution in [0.3, 0.4) is 0 Å². The maximum absolute atomic E-state index is 4.61. The van der Waals surface area contributed by atoms with Gasteiger partial charge in [0.15, 0.2) is 5.82 Å². The molecule has 0 unspecified atom stereocenters. The topological polar surface area (TPSA) is 53.9 Å². The van der Waals surface area contributed by atoms with Crippen molar-refractivity contribution in [1.82, 2.24) is 15.2 Å². The zero-order valence-electron chi connectivity index (χ0n) is 14.2. The highest BCUT2D eigenvalue weighted by atomic mass is 15.3. The zero-order chi connectivity index (χ0) is 16.9. The number of rotatable bonds is 5. The first-order valence-electron chi connectivity index (χ1n) is 8.04. The molecule has 0 aliphatic rings. The molecule has 0 aliphatic carbocycles. The van der Waals surface area contributed by atoms with Gasteiger partial charge in [0, 0.05) is 17.9 Å². The molecule has 0 bridgehead atoms.